The molecule has 0 bridgehead atoms. The number of ether oxygens (including phenoxy) is 1. The number of anilines is 1. The summed E-state index contributed by atoms with van der Waals surface area (Å²) >= 11 is 6.26. The molecule has 0 radical (unpaired) electrons. The number of sulfonamides is 1. The minimum atomic E-state index is -4.07. The Morgan fingerprint density at radius 3 is 2.23 bits per heavy atom. The number of nitrogens with zero attached hydrogens (tertiary/aromatic N) is 2. The lowest BCUT2D eigenvalue weighted by molar-refractivity contribution is -0.123. The van der Waals surface area contributed by atoms with Crippen molar-refractivity contribution in [1.82, 2.24) is 10.7 Å². The van der Waals surface area contributed by atoms with E-state index in [4.69, 9.17) is 16.3 Å². The van der Waals surface area contributed by atoms with E-state index in [0.29, 0.717) is 16.3 Å². The predicted molar refractivity (Wildman–Crippen MR) is 168 cm³/mol. The van der Waals surface area contributed by atoms with Crippen LogP contribution >= 0.6 is 11.6 Å². The number of carbonyl (C=O) groups excluding carboxylic acids is 2. The molecule has 0 aromatic heterocycles. The number of hydrogen-bond donors (Lipinski definition) is 2. The summed E-state index contributed by atoms with van der Waals surface area (Å²) < 4.78 is 33.4. The highest BCUT2D eigenvalue weighted by Crippen LogP contribution is 2.28. The van der Waals surface area contributed by atoms with Gasteiger partial charge in [0.1, 0.15) is 12.3 Å². The van der Waals surface area contributed by atoms with Gasteiger partial charge in [0, 0.05) is 5.02 Å². The van der Waals surface area contributed by atoms with Crippen molar-refractivity contribution in [3.8, 4) is 5.75 Å². The van der Waals surface area contributed by atoms with Crippen molar-refractivity contribution in [1.29, 1.82) is 0 Å². The number of aryl methyl sites for hydroxylation is 1. The van der Waals surface area contributed by atoms with E-state index in [2.05, 4.69) is 15.8 Å². The summed E-state index contributed by atoms with van der Waals surface area (Å²) in [5, 5.41) is 7.23. The van der Waals surface area contributed by atoms with Crippen molar-refractivity contribution < 1.29 is 22.7 Å². The fraction of sp³-hybridized carbons (Fsp3) is 0.156. The highest BCUT2D eigenvalue weighted by Gasteiger charge is 2.27. The third-order valence-corrected chi connectivity index (χ3v) is 8.59. The van der Waals surface area contributed by atoms with Crippen molar-refractivity contribution in [2.24, 2.45) is 5.10 Å². The lowest BCUT2D eigenvalue weighted by Crippen LogP contribution is -2.39. The third-order valence-electron chi connectivity index (χ3n) is 6.39. The second-order valence-electron chi connectivity index (χ2n) is 9.61. The van der Waals surface area contributed by atoms with Crippen molar-refractivity contribution in [2.45, 2.75) is 24.8 Å². The van der Waals surface area contributed by atoms with Crippen LogP contribution in [0, 0.1) is 6.92 Å². The Balaban J connectivity index is 1.34. The van der Waals surface area contributed by atoms with Crippen LogP contribution in [0.1, 0.15) is 29.7 Å². The molecule has 0 heterocycles. The average Bonchev–Trinajstić information content (AvgIpc) is 3.01. The standard InChI is InChI=1S/C32H31ClN4O5S/c1-23-13-16-27(19-30(23)33)37(43(40,41)29-11-7-4-8-12-29)21-31(38)36-34-20-25-14-17-28(18-15-25)42-22-32(39)35-24(2)26-9-5-3-6-10-26/h3-20,24H,21-22H2,1-2H3,(H,35,39)(H,36,38)/b34-20-/t24-/m0/s1. The van der Waals surface area contributed by atoms with Gasteiger partial charge in [-0.15, -0.1) is 0 Å². The number of halogens is 1. The van der Waals surface area contributed by atoms with E-state index < -0.39 is 22.5 Å². The predicted octanol–water partition coefficient (Wildman–Crippen LogP) is 5.25. The van der Waals surface area contributed by atoms with E-state index >= 15 is 0 Å². The monoisotopic (exact) mass is 618 g/mol. The fourth-order valence-corrected chi connectivity index (χ4v) is 5.63. The molecule has 11 heteroatoms. The van der Waals surface area contributed by atoms with Gasteiger partial charge in [0.25, 0.3) is 21.8 Å². The van der Waals surface area contributed by atoms with Crippen molar-refractivity contribution >= 4 is 45.3 Å². The van der Waals surface area contributed by atoms with Crippen LogP contribution in [0.15, 0.2) is 113 Å². The second-order valence-corrected chi connectivity index (χ2v) is 11.9. The fourth-order valence-electron chi connectivity index (χ4n) is 4.02. The van der Waals surface area contributed by atoms with Crippen LogP contribution in [0.25, 0.3) is 0 Å². The van der Waals surface area contributed by atoms with Crippen LogP contribution in [0.2, 0.25) is 5.02 Å². The van der Waals surface area contributed by atoms with Crippen molar-refractivity contribution in [3.63, 3.8) is 0 Å². The normalized spacial score (nSPS) is 12.0. The topological polar surface area (TPSA) is 117 Å². The van der Waals surface area contributed by atoms with Crippen LogP contribution in [-0.4, -0.2) is 39.6 Å². The Morgan fingerprint density at radius 1 is 0.930 bits per heavy atom. The lowest BCUT2D eigenvalue weighted by Gasteiger charge is -2.24. The largest absolute Gasteiger partial charge is 0.484 e. The first-order chi connectivity index (χ1) is 20.6. The maximum Gasteiger partial charge on any atom is 0.264 e. The average molecular weight is 619 g/mol. The van der Waals surface area contributed by atoms with Gasteiger partial charge in [0.15, 0.2) is 6.61 Å². The maximum absolute atomic E-state index is 13.4. The Labute approximate surface area is 256 Å². The van der Waals surface area contributed by atoms with Gasteiger partial charge in [0.05, 0.1) is 22.8 Å². The Hall–Kier alpha value is -4.67. The zero-order valence-electron chi connectivity index (χ0n) is 23.6. The number of benzene rings is 4. The second kappa shape index (κ2) is 14.5. The molecule has 2 amide bonds. The van der Waals surface area contributed by atoms with E-state index in [9.17, 15) is 18.0 Å². The highest BCUT2D eigenvalue weighted by molar-refractivity contribution is 7.92. The summed E-state index contributed by atoms with van der Waals surface area (Å²) in [6.45, 7) is 3.03. The summed E-state index contributed by atoms with van der Waals surface area (Å²) in [6, 6.07) is 28.9. The zero-order chi connectivity index (χ0) is 30.8. The first-order valence-corrected chi connectivity index (χ1v) is 15.2. The van der Waals surface area contributed by atoms with Gasteiger partial charge in [-0.25, -0.2) is 13.8 Å². The number of carbonyl (C=O) groups is 2. The number of hydrogen-bond acceptors (Lipinski definition) is 6. The highest BCUT2D eigenvalue weighted by atomic mass is 35.5. The molecule has 2 N–H and O–H groups in total. The van der Waals surface area contributed by atoms with Crippen LogP contribution in [-0.2, 0) is 19.6 Å². The molecule has 0 fully saturated rings. The number of rotatable bonds is 12. The van der Waals surface area contributed by atoms with Crippen molar-refractivity contribution in [3.05, 3.63) is 125 Å². The van der Waals surface area contributed by atoms with Gasteiger partial charge in [0.2, 0.25) is 0 Å². The summed E-state index contributed by atoms with van der Waals surface area (Å²) in [5.41, 5.74) is 5.04. The summed E-state index contributed by atoms with van der Waals surface area (Å²) in [6.07, 6.45) is 1.41. The zero-order valence-corrected chi connectivity index (χ0v) is 25.2. The van der Waals surface area contributed by atoms with Crippen LogP contribution in [0.3, 0.4) is 0 Å². The summed E-state index contributed by atoms with van der Waals surface area (Å²) in [5.74, 6) is -0.411. The SMILES string of the molecule is Cc1ccc(N(CC(=O)N/N=C\c2ccc(OCC(=O)N[C@@H](C)c3ccccc3)cc2)S(=O)(=O)c2ccccc2)cc1Cl. The molecule has 0 saturated carbocycles. The molecule has 1 atom stereocenters. The molecule has 4 aromatic rings. The summed E-state index contributed by atoms with van der Waals surface area (Å²) in [4.78, 5) is 25.1. The third kappa shape index (κ3) is 8.67. The van der Waals surface area contributed by atoms with Crippen LogP contribution in [0.5, 0.6) is 5.75 Å². The molecule has 4 aromatic carbocycles. The van der Waals surface area contributed by atoms with E-state index in [1.54, 1.807) is 61.5 Å². The van der Waals surface area contributed by atoms with E-state index in [-0.39, 0.29) is 29.1 Å². The molecule has 222 valence electrons. The Bertz CT molecular complexity index is 1680. The minimum Gasteiger partial charge on any atom is -0.484 e. The maximum atomic E-state index is 13.4. The van der Waals surface area contributed by atoms with Gasteiger partial charge in [-0.05, 0) is 79.1 Å². The minimum absolute atomic E-state index is 0.0356. The molecule has 0 spiro atoms. The summed E-state index contributed by atoms with van der Waals surface area (Å²) in [7, 11) is -4.07. The molecule has 4 rings (SSSR count). The molecule has 43 heavy (non-hydrogen) atoms. The molecular weight excluding hydrogens is 588 g/mol. The quantitative estimate of drug-likeness (QED) is 0.166. The number of amides is 2. The van der Waals surface area contributed by atoms with Gasteiger partial charge < -0.3 is 10.1 Å². The molecule has 0 aliphatic heterocycles. The van der Waals surface area contributed by atoms with E-state index in [1.807, 2.05) is 37.3 Å². The lowest BCUT2D eigenvalue weighted by atomic mass is 10.1. The Morgan fingerprint density at radius 2 is 1.58 bits per heavy atom. The van der Waals surface area contributed by atoms with E-state index in [1.165, 1.54) is 24.4 Å². The molecule has 0 aliphatic carbocycles. The van der Waals surface area contributed by atoms with E-state index in [0.717, 1.165) is 15.4 Å². The molecule has 9 nitrogen and oxygen atoms in total. The first-order valence-electron chi connectivity index (χ1n) is 13.4. The number of nitrogens with one attached hydrogen (secondary N) is 2. The molecule has 0 unspecified atom stereocenters. The van der Waals surface area contributed by atoms with Crippen molar-refractivity contribution in [2.75, 3.05) is 17.5 Å². The molecular formula is C32H31ClN4O5S. The van der Waals surface area contributed by atoms with Gasteiger partial charge in [-0.2, -0.15) is 5.10 Å². The van der Waals surface area contributed by atoms with Crippen LogP contribution in [0.4, 0.5) is 5.69 Å². The van der Waals surface area contributed by atoms with Crippen LogP contribution < -0.4 is 19.8 Å². The Kier molecular flexibility index (Phi) is 10.5. The van der Waals surface area contributed by atoms with Gasteiger partial charge in [-0.3, -0.25) is 13.9 Å². The first kappa shape index (κ1) is 31.3. The van der Waals surface area contributed by atoms with Gasteiger partial charge in [-0.1, -0.05) is 66.2 Å². The number of hydrazone groups is 1. The molecule has 0 saturated heterocycles. The molecule has 0 aliphatic rings. The smallest absolute Gasteiger partial charge is 0.264 e. The van der Waals surface area contributed by atoms with Gasteiger partial charge >= 0.3 is 0 Å².